The lowest BCUT2D eigenvalue weighted by molar-refractivity contribution is -0.140. The molecule has 0 aromatic heterocycles. The van der Waals surface area contributed by atoms with E-state index >= 15 is 0 Å². The third-order valence-electron chi connectivity index (χ3n) is 8.05. The Labute approximate surface area is 253 Å². The lowest BCUT2D eigenvalue weighted by Crippen LogP contribution is -2.52. The summed E-state index contributed by atoms with van der Waals surface area (Å²) in [5.41, 5.74) is 2.70. The largest absolute Gasteiger partial charge is 0.367 e. The Hall–Kier alpha value is -3.60. The molecule has 0 unspecified atom stereocenters. The molecule has 2 amide bonds. The van der Waals surface area contributed by atoms with Gasteiger partial charge in [-0.15, -0.1) is 0 Å². The average molecular weight is 608 g/mol. The molecule has 1 aliphatic heterocycles. The van der Waals surface area contributed by atoms with Crippen molar-refractivity contribution in [2.24, 2.45) is 0 Å². The lowest BCUT2D eigenvalue weighted by atomic mass is 10.0. The third kappa shape index (κ3) is 8.07. The second kappa shape index (κ2) is 13.8. The molecule has 228 valence electrons. The molecule has 1 saturated heterocycles. The van der Waals surface area contributed by atoms with Gasteiger partial charge in [-0.05, 0) is 68.0 Å². The van der Waals surface area contributed by atoms with E-state index in [1.165, 1.54) is 16.4 Å². The van der Waals surface area contributed by atoms with E-state index in [0.717, 1.165) is 16.7 Å². The monoisotopic (exact) mass is 607 g/mol. The second-order valence-corrected chi connectivity index (χ2v) is 13.2. The van der Waals surface area contributed by atoms with Crippen LogP contribution >= 0.6 is 0 Å². The maximum atomic E-state index is 13.9. The van der Waals surface area contributed by atoms with E-state index in [1.54, 1.807) is 46.2 Å². The molecular formula is C33H38FN3O5S. The van der Waals surface area contributed by atoms with Gasteiger partial charge >= 0.3 is 0 Å². The highest BCUT2D eigenvalue weighted by Crippen LogP contribution is 2.32. The molecule has 1 aliphatic carbocycles. The summed E-state index contributed by atoms with van der Waals surface area (Å²) in [5, 5.41) is 0. The van der Waals surface area contributed by atoms with Gasteiger partial charge in [0.1, 0.15) is 12.4 Å². The van der Waals surface area contributed by atoms with Crippen LogP contribution < -0.4 is 0 Å². The summed E-state index contributed by atoms with van der Waals surface area (Å²) in [4.78, 5) is 30.4. The number of nitrogens with zero attached hydrogens (tertiary/aromatic N) is 3. The van der Waals surface area contributed by atoms with Gasteiger partial charge in [0, 0.05) is 31.7 Å². The molecule has 1 saturated carbocycles. The normalized spacial score (nSPS) is 15.9. The highest BCUT2D eigenvalue weighted by molar-refractivity contribution is 7.89. The number of carbonyl (C=O) groups is 2. The summed E-state index contributed by atoms with van der Waals surface area (Å²) >= 11 is 0. The van der Waals surface area contributed by atoms with Crippen LogP contribution in [0.5, 0.6) is 0 Å². The second-order valence-electron chi connectivity index (χ2n) is 11.3. The number of piperidine rings is 1. The Morgan fingerprint density at radius 2 is 1.51 bits per heavy atom. The highest BCUT2D eigenvalue weighted by Gasteiger charge is 2.41. The van der Waals surface area contributed by atoms with Crippen molar-refractivity contribution < 1.29 is 27.1 Å². The number of hydrogen-bond acceptors (Lipinski definition) is 5. The maximum Gasteiger partial charge on any atom is 0.248 e. The fourth-order valence-corrected chi connectivity index (χ4v) is 7.03. The van der Waals surface area contributed by atoms with Crippen LogP contribution in [-0.2, 0) is 37.5 Å². The summed E-state index contributed by atoms with van der Waals surface area (Å²) in [7, 11) is -3.87. The number of rotatable bonds is 12. The van der Waals surface area contributed by atoms with Crippen LogP contribution in [0, 0.1) is 12.7 Å². The number of benzene rings is 3. The van der Waals surface area contributed by atoms with Crippen molar-refractivity contribution in [1.29, 1.82) is 0 Å². The van der Waals surface area contributed by atoms with Gasteiger partial charge in [-0.2, -0.15) is 4.31 Å². The van der Waals surface area contributed by atoms with Gasteiger partial charge < -0.3 is 14.5 Å². The number of ether oxygens (including phenoxy) is 1. The van der Waals surface area contributed by atoms with Crippen molar-refractivity contribution in [3.05, 3.63) is 101 Å². The SMILES string of the molecule is Cc1ccc(S(=O)(=O)N(CC(=O)N(Cc2ccc(F)cc2)C2CCN(C(=O)COCc3ccccc3)CC2)C2CC2)cc1. The van der Waals surface area contributed by atoms with Crippen LogP contribution in [-0.4, -0.2) is 72.7 Å². The first-order valence-electron chi connectivity index (χ1n) is 14.7. The van der Waals surface area contributed by atoms with E-state index < -0.39 is 10.0 Å². The number of sulfonamides is 1. The number of halogens is 1. The minimum atomic E-state index is -3.87. The molecule has 10 heteroatoms. The summed E-state index contributed by atoms with van der Waals surface area (Å²) in [5.74, 6) is -0.773. The van der Waals surface area contributed by atoms with E-state index in [-0.39, 0.29) is 54.3 Å². The predicted molar refractivity (Wildman–Crippen MR) is 161 cm³/mol. The van der Waals surface area contributed by atoms with Gasteiger partial charge in [0.2, 0.25) is 21.8 Å². The number of aryl methyl sites for hydroxylation is 1. The van der Waals surface area contributed by atoms with Crippen LogP contribution in [0.2, 0.25) is 0 Å². The molecule has 2 fully saturated rings. The Morgan fingerprint density at radius 1 is 0.860 bits per heavy atom. The summed E-state index contributed by atoms with van der Waals surface area (Å²) < 4.78 is 47.8. The standard InChI is InChI=1S/C33H38FN3O5S/c1-25-7-15-31(16-8-25)43(40,41)37(30-13-14-30)22-32(38)36(21-26-9-11-28(34)12-10-26)29-17-19-35(20-18-29)33(39)24-42-23-27-5-3-2-4-6-27/h2-12,15-16,29-30H,13-14,17-24H2,1H3. The van der Waals surface area contributed by atoms with E-state index in [2.05, 4.69) is 0 Å². The van der Waals surface area contributed by atoms with E-state index in [1.807, 2.05) is 37.3 Å². The zero-order valence-electron chi connectivity index (χ0n) is 24.4. The fourth-order valence-electron chi connectivity index (χ4n) is 5.40. The van der Waals surface area contributed by atoms with Crippen LogP contribution in [0.4, 0.5) is 4.39 Å². The third-order valence-corrected chi connectivity index (χ3v) is 9.97. The minimum Gasteiger partial charge on any atom is -0.367 e. The van der Waals surface area contributed by atoms with E-state index in [0.29, 0.717) is 45.4 Å². The van der Waals surface area contributed by atoms with Crippen LogP contribution in [0.25, 0.3) is 0 Å². The smallest absolute Gasteiger partial charge is 0.248 e. The maximum absolute atomic E-state index is 13.9. The highest BCUT2D eigenvalue weighted by atomic mass is 32.2. The Bertz CT molecular complexity index is 1490. The summed E-state index contributed by atoms with van der Waals surface area (Å²) in [6.07, 6.45) is 2.52. The Kier molecular flexibility index (Phi) is 9.90. The minimum absolute atomic E-state index is 0.0228. The summed E-state index contributed by atoms with van der Waals surface area (Å²) in [6, 6.07) is 21.9. The number of amides is 2. The quantitative estimate of drug-likeness (QED) is 0.302. The molecular weight excluding hydrogens is 569 g/mol. The van der Waals surface area contributed by atoms with Crippen LogP contribution in [0.15, 0.2) is 83.8 Å². The molecule has 8 nitrogen and oxygen atoms in total. The molecule has 0 N–H and O–H groups in total. The van der Waals surface area contributed by atoms with Gasteiger partial charge in [0.05, 0.1) is 18.0 Å². The van der Waals surface area contributed by atoms with Crippen molar-refractivity contribution >= 4 is 21.8 Å². The molecule has 5 rings (SSSR count). The van der Waals surface area contributed by atoms with Gasteiger partial charge in [-0.1, -0.05) is 60.2 Å². The van der Waals surface area contributed by atoms with Crippen LogP contribution in [0.1, 0.15) is 42.4 Å². The lowest BCUT2D eigenvalue weighted by Gasteiger charge is -2.39. The van der Waals surface area contributed by atoms with Crippen molar-refractivity contribution in [2.45, 2.75) is 62.7 Å². The predicted octanol–water partition coefficient (Wildman–Crippen LogP) is 4.52. The zero-order valence-corrected chi connectivity index (χ0v) is 25.2. The fraction of sp³-hybridized carbons (Fsp3) is 0.394. The molecule has 43 heavy (non-hydrogen) atoms. The molecule has 0 radical (unpaired) electrons. The molecule has 2 aliphatic rings. The van der Waals surface area contributed by atoms with Crippen LogP contribution in [0.3, 0.4) is 0 Å². The first-order chi connectivity index (χ1) is 20.7. The average Bonchev–Trinajstić information content (AvgIpc) is 3.85. The molecule has 0 bridgehead atoms. The van der Waals surface area contributed by atoms with Crippen molar-refractivity contribution in [3.63, 3.8) is 0 Å². The Morgan fingerprint density at radius 3 is 2.14 bits per heavy atom. The molecule has 1 heterocycles. The molecule has 0 spiro atoms. The molecule has 3 aromatic carbocycles. The van der Waals surface area contributed by atoms with Crippen molar-refractivity contribution in [2.75, 3.05) is 26.2 Å². The van der Waals surface area contributed by atoms with Gasteiger partial charge in [-0.25, -0.2) is 12.8 Å². The number of hydrogen-bond donors (Lipinski definition) is 0. The first-order valence-corrected chi connectivity index (χ1v) is 16.2. The first kappa shape index (κ1) is 30.8. The number of carbonyl (C=O) groups excluding carboxylic acids is 2. The number of likely N-dealkylation sites (tertiary alicyclic amines) is 1. The summed E-state index contributed by atoms with van der Waals surface area (Å²) in [6.45, 7) is 3.09. The van der Waals surface area contributed by atoms with Gasteiger partial charge in [0.15, 0.2) is 0 Å². The van der Waals surface area contributed by atoms with Crippen molar-refractivity contribution in [1.82, 2.24) is 14.1 Å². The van der Waals surface area contributed by atoms with E-state index in [4.69, 9.17) is 4.74 Å². The van der Waals surface area contributed by atoms with E-state index in [9.17, 15) is 22.4 Å². The van der Waals surface area contributed by atoms with Gasteiger partial charge in [0.25, 0.3) is 0 Å². The zero-order chi connectivity index (χ0) is 30.4. The topological polar surface area (TPSA) is 87.2 Å². The molecule has 0 atom stereocenters. The Balaban J connectivity index is 1.26. The van der Waals surface area contributed by atoms with Crippen molar-refractivity contribution in [3.8, 4) is 0 Å². The van der Waals surface area contributed by atoms with Gasteiger partial charge in [-0.3, -0.25) is 9.59 Å². The molecule has 3 aromatic rings.